The average molecular weight is 273 g/mol. The highest BCUT2D eigenvalue weighted by Crippen LogP contribution is 2.20. The van der Waals surface area contributed by atoms with Crippen molar-refractivity contribution < 1.29 is 9.53 Å². The summed E-state index contributed by atoms with van der Waals surface area (Å²) in [6, 6.07) is 9.35. The van der Waals surface area contributed by atoms with Gasteiger partial charge in [0.05, 0.1) is 6.61 Å². The Morgan fingerprint density at radius 3 is 2.80 bits per heavy atom. The summed E-state index contributed by atoms with van der Waals surface area (Å²) in [5, 5.41) is 0. The lowest BCUT2D eigenvalue weighted by atomic mass is 10.2. The molecule has 0 fully saturated rings. The summed E-state index contributed by atoms with van der Waals surface area (Å²) in [5.41, 5.74) is 7.62. The molecule has 0 aliphatic carbocycles. The molecule has 0 spiro atoms. The SMILES string of the molecule is CCOc1ccccc1CN(C)C(=O)c1cc(N)c[nH]1. The first kappa shape index (κ1) is 14.0. The summed E-state index contributed by atoms with van der Waals surface area (Å²) in [6.07, 6.45) is 1.61. The zero-order chi connectivity index (χ0) is 14.5. The molecule has 20 heavy (non-hydrogen) atoms. The van der Waals surface area contributed by atoms with Crippen LogP contribution in [0.4, 0.5) is 5.69 Å². The number of hydrogen-bond acceptors (Lipinski definition) is 3. The standard InChI is InChI=1S/C15H19N3O2/c1-3-20-14-7-5-4-6-11(14)10-18(2)15(19)13-8-12(16)9-17-13/h4-9,17H,3,10,16H2,1-2H3. The van der Waals surface area contributed by atoms with Crippen molar-refractivity contribution >= 4 is 11.6 Å². The van der Waals surface area contributed by atoms with Crippen molar-refractivity contribution in [3.63, 3.8) is 0 Å². The Bertz CT molecular complexity index is 592. The van der Waals surface area contributed by atoms with Gasteiger partial charge >= 0.3 is 0 Å². The van der Waals surface area contributed by atoms with Crippen molar-refractivity contribution in [2.24, 2.45) is 0 Å². The van der Waals surface area contributed by atoms with Gasteiger partial charge in [0.1, 0.15) is 11.4 Å². The van der Waals surface area contributed by atoms with E-state index in [0.717, 1.165) is 11.3 Å². The molecule has 0 saturated carbocycles. The van der Waals surface area contributed by atoms with Crippen LogP contribution >= 0.6 is 0 Å². The Morgan fingerprint density at radius 1 is 1.40 bits per heavy atom. The number of anilines is 1. The molecule has 0 saturated heterocycles. The highest BCUT2D eigenvalue weighted by Gasteiger charge is 2.15. The predicted molar refractivity (Wildman–Crippen MR) is 78.6 cm³/mol. The van der Waals surface area contributed by atoms with Gasteiger partial charge in [0, 0.05) is 31.0 Å². The number of aromatic amines is 1. The fourth-order valence-corrected chi connectivity index (χ4v) is 2.00. The second-order valence-corrected chi connectivity index (χ2v) is 4.55. The third-order valence-electron chi connectivity index (χ3n) is 2.96. The van der Waals surface area contributed by atoms with Crippen molar-refractivity contribution in [2.45, 2.75) is 13.5 Å². The van der Waals surface area contributed by atoms with Crippen LogP contribution in [-0.4, -0.2) is 29.4 Å². The maximum Gasteiger partial charge on any atom is 0.270 e. The van der Waals surface area contributed by atoms with Crippen LogP contribution < -0.4 is 10.5 Å². The number of ether oxygens (including phenoxy) is 1. The number of rotatable bonds is 5. The summed E-state index contributed by atoms with van der Waals surface area (Å²) in [6.45, 7) is 3.02. The number of benzene rings is 1. The summed E-state index contributed by atoms with van der Waals surface area (Å²) in [4.78, 5) is 16.7. The number of para-hydroxylation sites is 1. The molecule has 0 atom stereocenters. The van der Waals surface area contributed by atoms with E-state index < -0.39 is 0 Å². The van der Waals surface area contributed by atoms with E-state index in [1.807, 2.05) is 31.2 Å². The largest absolute Gasteiger partial charge is 0.494 e. The lowest BCUT2D eigenvalue weighted by Crippen LogP contribution is -2.26. The number of hydrogen-bond donors (Lipinski definition) is 2. The van der Waals surface area contributed by atoms with Crippen LogP contribution in [0.15, 0.2) is 36.5 Å². The first-order valence-electron chi connectivity index (χ1n) is 6.52. The highest BCUT2D eigenvalue weighted by molar-refractivity contribution is 5.93. The van der Waals surface area contributed by atoms with E-state index in [-0.39, 0.29) is 5.91 Å². The van der Waals surface area contributed by atoms with Gasteiger partial charge < -0.3 is 20.4 Å². The minimum Gasteiger partial charge on any atom is -0.494 e. The molecular formula is C15H19N3O2. The first-order valence-corrected chi connectivity index (χ1v) is 6.52. The fraction of sp³-hybridized carbons (Fsp3) is 0.267. The summed E-state index contributed by atoms with van der Waals surface area (Å²) in [7, 11) is 1.75. The predicted octanol–water partition coefficient (Wildman–Crippen LogP) is 2.27. The van der Waals surface area contributed by atoms with Gasteiger partial charge in [-0.25, -0.2) is 0 Å². The number of nitrogens with zero attached hydrogens (tertiary/aromatic N) is 1. The van der Waals surface area contributed by atoms with Gasteiger partial charge in [-0.15, -0.1) is 0 Å². The molecule has 1 amide bonds. The Kier molecular flexibility index (Phi) is 4.30. The van der Waals surface area contributed by atoms with E-state index in [9.17, 15) is 4.79 Å². The molecule has 0 aliphatic rings. The van der Waals surface area contributed by atoms with Gasteiger partial charge in [0.15, 0.2) is 0 Å². The van der Waals surface area contributed by atoms with Crippen LogP contribution in [-0.2, 0) is 6.54 Å². The molecule has 2 rings (SSSR count). The second-order valence-electron chi connectivity index (χ2n) is 4.55. The van der Waals surface area contributed by atoms with Crippen molar-refractivity contribution in [1.29, 1.82) is 0 Å². The second kappa shape index (κ2) is 6.14. The topological polar surface area (TPSA) is 71.3 Å². The third kappa shape index (κ3) is 3.12. The van der Waals surface area contributed by atoms with E-state index >= 15 is 0 Å². The van der Waals surface area contributed by atoms with Crippen LogP contribution in [0.25, 0.3) is 0 Å². The Balaban J connectivity index is 2.11. The fourth-order valence-electron chi connectivity index (χ4n) is 2.00. The molecule has 0 aliphatic heterocycles. The minimum atomic E-state index is -0.104. The van der Waals surface area contributed by atoms with Gasteiger partial charge in [0.2, 0.25) is 0 Å². The molecule has 106 valence electrons. The molecule has 2 aromatic rings. The molecule has 0 bridgehead atoms. The highest BCUT2D eigenvalue weighted by atomic mass is 16.5. The molecular weight excluding hydrogens is 254 g/mol. The average Bonchev–Trinajstić information content (AvgIpc) is 2.87. The number of nitrogens with two attached hydrogens (primary N) is 1. The molecule has 1 heterocycles. The molecule has 3 N–H and O–H groups in total. The minimum absolute atomic E-state index is 0.104. The van der Waals surface area contributed by atoms with Crippen molar-refractivity contribution in [1.82, 2.24) is 9.88 Å². The van der Waals surface area contributed by atoms with E-state index in [1.165, 1.54) is 0 Å². The Morgan fingerprint density at radius 2 is 2.15 bits per heavy atom. The number of carbonyl (C=O) groups excluding carboxylic acids is 1. The number of nitrogen functional groups attached to an aromatic ring is 1. The molecule has 1 aromatic heterocycles. The van der Waals surface area contributed by atoms with E-state index in [1.54, 1.807) is 24.2 Å². The van der Waals surface area contributed by atoms with Crippen LogP contribution in [0.3, 0.4) is 0 Å². The van der Waals surface area contributed by atoms with Crippen LogP contribution in [0.1, 0.15) is 23.0 Å². The van der Waals surface area contributed by atoms with Gasteiger partial charge in [-0.2, -0.15) is 0 Å². The Hall–Kier alpha value is -2.43. The lowest BCUT2D eigenvalue weighted by Gasteiger charge is -2.18. The smallest absolute Gasteiger partial charge is 0.270 e. The molecule has 0 unspecified atom stereocenters. The summed E-state index contributed by atoms with van der Waals surface area (Å²) in [5.74, 6) is 0.702. The van der Waals surface area contributed by atoms with Crippen molar-refractivity contribution in [2.75, 3.05) is 19.4 Å². The monoisotopic (exact) mass is 273 g/mol. The maximum atomic E-state index is 12.2. The van der Waals surface area contributed by atoms with Crippen molar-refractivity contribution in [3.8, 4) is 5.75 Å². The molecule has 0 radical (unpaired) electrons. The third-order valence-corrected chi connectivity index (χ3v) is 2.96. The molecule has 5 nitrogen and oxygen atoms in total. The number of amides is 1. The normalized spacial score (nSPS) is 10.3. The van der Waals surface area contributed by atoms with Gasteiger partial charge in [-0.05, 0) is 19.1 Å². The van der Waals surface area contributed by atoms with E-state index in [2.05, 4.69) is 4.98 Å². The van der Waals surface area contributed by atoms with Gasteiger partial charge in [0.25, 0.3) is 5.91 Å². The molecule has 5 heteroatoms. The number of carbonyl (C=O) groups is 1. The van der Waals surface area contributed by atoms with Crippen LogP contribution in [0, 0.1) is 0 Å². The van der Waals surface area contributed by atoms with Gasteiger partial charge in [-0.3, -0.25) is 4.79 Å². The number of nitrogens with one attached hydrogen (secondary N) is 1. The van der Waals surface area contributed by atoms with E-state index in [4.69, 9.17) is 10.5 Å². The summed E-state index contributed by atoms with van der Waals surface area (Å²) < 4.78 is 5.56. The maximum absolute atomic E-state index is 12.2. The van der Waals surface area contributed by atoms with E-state index in [0.29, 0.717) is 24.5 Å². The number of aromatic nitrogens is 1. The summed E-state index contributed by atoms with van der Waals surface area (Å²) >= 11 is 0. The zero-order valence-electron chi connectivity index (χ0n) is 11.7. The van der Waals surface area contributed by atoms with Crippen LogP contribution in [0.2, 0.25) is 0 Å². The zero-order valence-corrected chi connectivity index (χ0v) is 11.7. The number of H-pyrrole nitrogens is 1. The van der Waals surface area contributed by atoms with Crippen molar-refractivity contribution in [3.05, 3.63) is 47.8 Å². The first-order chi connectivity index (χ1) is 9.61. The van der Waals surface area contributed by atoms with Gasteiger partial charge in [-0.1, -0.05) is 18.2 Å². The Labute approximate surface area is 118 Å². The lowest BCUT2D eigenvalue weighted by molar-refractivity contribution is 0.0779. The van der Waals surface area contributed by atoms with Crippen LogP contribution in [0.5, 0.6) is 5.75 Å². The quantitative estimate of drug-likeness (QED) is 0.877. The molecule has 1 aromatic carbocycles.